The Labute approximate surface area is 156 Å². The lowest BCUT2D eigenvalue weighted by Crippen LogP contribution is -2.47. The zero-order chi connectivity index (χ0) is 19.4. The van der Waals surface area contributed by atoms with Gasteiger partial charge in [0.05, 0.1) is 29.6 Å². The van der Waals surface area contributed by atoms with Crippen LogP contribution in [0.15, 0.2) is 48.8 Å². The predicted octanol–water partition coefficient (Wildman–Crippen LogP) is 0.844. The maximum atomic E-state index is 12.7. The molecule has 0 unspecified atom stereocenters. The number of nitrogens with zero attached hydrogens (tertiary/aromatic N) is 2. The molecule has 4 N–H and O–H groups in total. The minimum atomic E-state index is -0.837. The van der Waals surface area contributed by atoms with Crippen molar-refractivity contribution in [3.8, 4) is 0 Å². The summed E-state index contributed by atoms with van der Waals surface area (Å²) in [5, 5.41) is 12.5. The largest absolute Gasteiger partial charge is 0.393 e. The summed E-state index contributed by atoms with van der Waals surface area (Å²) in [7, 11) is 0. The van der Waals surface area contributed by atoms with Crippen molar-refractivity contribution in [3.05, 3.63) is 59.9 Å². The number of amides is 3. The number of rotatable bonds is 3. The lowest BCUT2D eigenvalue weighted by atomic mass is 9.93. The molecule has 2 heterocycles. The Hall–Kier alpha value is -3.26. The monoisotopic (exact) mass is 368 g/mol. The van der Waals surface area contributed by atoms with Crippen LogP contribution in [0.1, 0.15) is 34.8 Å². The lowest BCUT2D eigenvalue weighted by Gasteiger charge is -2.37. The third kappa shape index (κ3) is 4.29. The number of nitrogens with two attached hydrogens (primary N) is 1. The van der Waals surface area contributed by atoms with Crippen molar-refractivity contribution >= 4 is 23.4 Å². The van der Waals surface area contributed by atoms with Crippen molar-refractivity contribution in [2.75, 3.05) is 11.9 Å². The number of carbonyl (C=O) groups is 3. The molecule has 3 rings (SSSR count). The summed E-state index contributed by atoms with van der Waals surface area (Å²) in [4.78, 5) is 41.7. The summed E-state index contributed by atoms with van der Waals surface area (Å²) in [6.45, 7) is 0.270. The summed E-state index contributed by atoms with van der Waals surface area (Å²) in [6.07, 6.45) is 2.84. The molecule has 3 amide bonds. The van der Waals surface area contributed by atoms with Gasteiger partial charge in [-0.25, -0.2) is 0 Å². The highest BCUT2D eigenvalue weighted by Gasteiger charge is 2.34. The number of anilines is 1. The number of aliphatic hydroxyl groups is 1. The first-order valence-electron chi connectivity index (χ1n) is 8.55. The average Bonchev–Trinajstić information content (AvgIpc) is 2.68. The second kappa shape index (κ2) is 7.96. The molecule has 1 aliphatic heterocycles. The van der Waals surface area contributed by atoms with Crippen LogP contribution in [0.5, 0.6) is 0 Å². The molecule has 2 aromatic rings. The van der Waals surface area contributed by atoms with E-state index in [1.165, 1.54) is 23.4 Å². The molecule has 1 aromatic carbocycles. The van der Waals surface area contributed by atoms with Crippen LogP contribution in [0.3, 0.4) is 0 Å². The number of pyridine rings is 1. The SMILES string of the molecule is NC(=O)c1cncc(NC(=O)C(=O)N2CC[C@@H](O)C[C@H]2c2ccccc2)c1. The first-order chi connectivity index (χ1) is 13.0. The number of hydrogen-bond acceptors (Lipinski definition) is 5. The van der Waals surface area contributed by atoms with Gasteiger partial charge in [-0.05, 0) is 24.5 Å². The van der Waals surface area contributed by atoms with Crippen LogP contribution in [0, 0.1) is 0 Å². The fraction of sp³-hybridized carbons (Fsp3) is 0.263. The molecule has 8 nitrogen and oxygen atoms in total. The van der Waals surface area contributed by atoms with E-state index in [0.717, 1.165) is 5.56 Å². The summed E-state index contributed by atoms with van der Waals surface area (Å²) in [5.41, 5.74) is 6.39. The number of carbonyl (C=O) groups excluding carboxylic acids is 3. The van der Waals surface area contributed by atoms with Gasteiger partial charge in [-0.2, -0.15) is 0 Å². The molecular formula is C19H20N4O4. The van der Waals surface area contributed by atoms with Crippen LogP contribution < -0.4 is 11.1 Å². The summed E-state index contributed by atoms with van der Waals surface area (Å²) in [5.74, 6) is -2.23. The standard InChI is InChI=1S/C19H20N4O4/c20-17(25)13-8-14(11-21-10-13)22-18(26)19(27)23-7-6-15(24)9-16(23)12-4-2-1-3-5-12/h1-5,8,10-11,15-16,24H,6-7,9H2,(H2,20,25)(H,22,26)/t15-,16+/m1/s1. The minimum Gasteiger partial charge on any atom is -0.393 e. The Morgan fingerprint density at radius 1 is 1.19 bits per heavy atom. The minimum absolute atomic E-state index is 0.128. The Morgan fingerprint density at radius 2 is 1.93 bits per heavy atom. The molecule has 0 spiro atoms. The van der Waals surface area contributed by atoms with E-state index in [4.69, 9.17) is 5.73 Å². The smallest absolute Gasteiger partial charge is 0.313 e. The molecule has 0 aliphatic carbocycles. The number of piperidine rings is 1. The molecule has 2 atom stereocenters. The van der Waals surface area contributed by atoms with Gasteiger partial charge in [0.25, 0.3) is 0 Å². The van der Waals surface area contributed by atoms with Crippen molar-refractivity contribution in [1.29, 1.82) is 0 Å². The Bertz CT molecular complexity index is 856. The number of hydrogen-bond donors (Lipinski definition) is 3. The maximum absolute atomic E-state index is 12.7. The van der Waals surface area contributed by atoms with E-state index >= 15 is 0 Å². The van der Waals surface area contributed by atoms with Crippen LogP contribution in [-0.2, 0) is 9.59 Å². The van der Waals surface area contributed by atoms with Crippen LogP contribution in [0.2, 0.25) is 0 Å². The zero-order valence-corrected chi connectivity index (χ0v) is 14.5. The Balaban J connectivity index is 1.77. The molecular weight excluding hydrogens is 348 g/mol. The van der Waals surface area contributed by atoms with Gasteiger partial charge in [0.1, 0.15) is 0 Å². The molecule has 0 saturated carbocycles. The number of nitrogens with one attached hydrogen (secondary N) is 1. The molecule has 140 valence electrons. The van der Waals surface area contributed by atoms with Gasteiger partial charge in [-0.15, -0.1) is 0 Å². The average molecular weight is 368 g/mol. The van der Waals surface area contributed by atoms with E-state index < -0.39 is 23.8 Å². The third-order valence-electron chi connectivity index (χ3n) is 4.49. The predicted molar refractivity (Wildman–Crippen MR) is 97.5 cm³/mol. The molecule has 27 heavy (non-hydrogen) atoms. The van der Waals surface area contributed by atoms with E-state index in [9.17, 15) is 19.5 Å². The second-order valence-electron chi connectivity index (χ2n) is 6.38. The highest BCUT2D eigenvalue weighted by atomic mass is 16.3. The van der Waals surface area contributed by atoms with Gasteiger partial charge in [0.15, 0.2) is 0 Å². The van der Waals surface area contributed by atoms with Gasteiger partial charge in [0, 0.05) is 12.7 Å². The fourth-order valence-electron chi connectivity index (χ4n) is 3.14. The van der Waals surface area contributed by atoms with Crippen molar-refractivity contribution in [2.45, 2.75) is 25.0 Å². The molecule has 8 heteroatoms. The quantitative estimate of drug-likeness (QED) is 0.692. The van der Waals surface area contributed by atoms with E-state index in [0.29, 0.717) is 12.8 Å². The highest BCUT2D eigenvalue weighted by molar-refractivity contribution is 6.39. The number of benzene rings is 1. The lowest BCUT2D eigenvalue weighted by molar-refractivity contribution is -0.147. The van der Waals surface area contributed by atoms with Crippen LogP contribution in [-0.4, -0.2) is 45.4 Å². The zero-order valence-electron chi connectivity index (χ0n) is 14.5. The maximum Gasteiger partial charge on any atom is 0.313 e. The molecule has 1 saturated heterocycles. The molecule has 1 aromatic heterocycles. The third-order valence-corrected chi connectivity index (χ3v) is 4.49. The normalized spacial score (nSPS) is 19.4. The number of primary amides is 1. The fourth-order valence-corrected chi connectivity index (χ4v) is 3.14. The first kappa shape index (κ1) is 18.5. The highest BCUT2D eigenvalue weighted by Crippen LogP contribution is 2.31. The Kier molecular flexibility index (Phi) is 5.46. The molecule has 0 bridgehead atoms. The van der Waals surface area contributed by atoms with Crippen molar-refractivity contribution < 1.29 is 19.5 Å². The van der Waals surface area contributed by atoms with Gasteiger partial charge in [-0.1, -0.05) is 30.3 Å². The first-order valence-corrected chi connectivity index (χ1v) is 8.55. The van der Waals surface area contributed by atoms with E-state index in [-0.39, 0.29) is 23.8 Å². The van der Waals surface area contributed by atoms with E-state index in [1.807, 2.05) is 30.3 Å². The summed E-state index contributed by atoms with van der Waals surface area (Å²) in [6, 6.07) is 10.3. The van der Waals surface area contributed by atoms with Crippen molar-refractivity contribution in [3.63, 3.8) is 0 Å². The number of likely N-dealkylation sites (tertiary alicyclic amines) is 1. The second-order valence-corrected chi connectivity index (χ2v) is 6.38. The number of aromatic nitrogens is 1. The summed E-state index contributed by atoms with van der Waals surface area (Å²) < 4.78 is 0. The van der Waals surface area contributed by atoms with Gasteiger partial charge >= 0.3 is 11.8 Å². The molecule has 1 fully saturated rings. The van der Waals surface area contributed by atoms with Crippen LogP contribution in [0.4, 0.5) is 5.69 Å². The van der Waals surface area contributed by atoms with Crippen LogP contribution >= 0.6 is 0 Å². The number of aliphatic hydroxyl groups excluding tert-OH is 1. The van der Waals surface area contributed by atoms with Crippen molar-refractivity contribution in [2.24, 2.45) is 5.73 Å². The topological polar surface area (TPSA) is 126 Å². The van der Waals surface area contributed by atoms with Gasteiger partial charge in [0.2, 0.25) is 5.91 Å². The molecule has 1 aliphatic rings. The van der Waals surface area contributed by atoms with Gasteiger partial charge < -0.3 is 21.1 Å². The van der Waals surface area contributed by atoms with Gasteiger partial charge in [-0.3, -0.25) is 19.4 Å². The van der Waals surface area contributed by atoms with Crippen molar-refractivity contribution in [1.82, 2.24) is 9.88 Å². The Morgan fingerprint density at radius 3 is 2.63 bits per heavy atom. The van der Waals surface area contributed by atoms with E-state index in [2.05, 4.69) is 10.3 Å². The van der Waals surface area contributed by atoms with E-state index in [1.54, 1.807) is 0 Å². The summed E-state index contributed by atoms with van der Waals surface area (Å²) >= 11 is 0. The van der Waals surface area contributed by atoms with Crippen LogP contribution in [0.25, 0.3) is 0 Å². The molecule has 0 radical (unpaired) electrons.